The highest BCUT2D eigenvalue weighted by Gasteiger charge is 2.11. The van der Waals surface area contributed by atoms with Gasteiger partial charge in [-0.25, -0.2) is 15.2 Å². The maximum absolute atomic E-state index is 13.4. The highest BCUT2D eigenvalue weighted by molar-refractivity contribution is 9.10. The molecule has 1 aromatic carbocycles. The SMILES string of the molecule is NNc1ccc(COc2cc(Br)cc(F)c2F)cn1. The lowest BCUT2D eigenvalue weighted by atomic mass is 10.3. The van der Waals surface area contributed by atoms with Gasteiger partial charge in [0.15, 0.2) is 11.6 Å². The zero-order valence-corrected chi connectivity index (χ0v) is 11.2. The first kappa shape index (κ1) is 13.7. The predicted molar refractivity (Wildman–Crippen MR) is 70.4 cm³/mol. The number of rotatable bonds is 4. The number of nitrogens with zero attached hydrogens (tertiary/aromatic N) is 1. The first-order chi connectivity index (χ1) is 9.10. The standard InChI is InChI=1S/C12H10BrF2N3O/c13-8-3-9(14)12(15)10(4-8)19-6-7-1-2-11(18-16)17-5-7/h1-5H,6,16H2,(H,17,18). The number of nitrogens with two attached hydrogens (primary N) is 1. The van der Waals surface area contributed by atoms with Gasteiger partial charge in [-0.2, -0.15) is 4.39 Å². The Morgan fingerprint density at radius 3 is 2.74 bits per heavy atom. The van der Waals surface area contributed by atoms with E-state index in [0.717, 1.165) is 6.07 Å². The third-order valence-corrected chi connectivity index (χ3v) is 2.78. The highest BCUT2D eigenvalue weighted by Crippen LogP contribution is 2.26. The van der Waals surface area contributed by atoms with E-state index in [4.69, 9.17) is 10.6 Å². The molecule has 2 aromatic rings. The number of halogens is 3. The smallest absolute Gasteiger partial charge is 0.200 e. The van der Waals surface area contributed by atoms with Crippen LogP contribution >= 0.6 is 15.9 Å². The molecule has 0 aliphatic heterocycles. The largest absolute Gasteiger partial charge is 0.486 e. The van der Waals surface area contributed by atoms with Crippen LogP contribution in [0.2, 0.25) is 0 Å². The number of ether oxygens (including phenoxy) is 1. The number of aromatic nitrogens is 1. The number of benzene rings is 1. The summed E-state index contributed by atoms with van der Waals surface area (Å²) < 4.78 is 32.2. The minimum Gasteiger partial charge on any atom is -0.486 e. The maximum Gasteiger partial charge on any atom is 0.200 e. The molecule has 1 aromatic heterocycles. The van der Waals surface area contributed by atoms with Gasteiger partial charge in [0, 0.05) is 16.2 Å². The summed E-state index contributed by atoms with van der Waals surface area (Å²) in [6.45, 7) is 0.0741. The first-order valence-electron chi connectivity index (χ1n) is 5.29. The number of hydrogen-bond acceptors (Lipinski definition) is 4. The van der Waals surface area contributed by atoms with Crippen molar-refractivity contribution < 1.29 is 13.5 Å². The van der Waals surface area contributed by atoms with Crippen LogP contribution in [0.15, 0.2) is 34.9 Å². The van der Waals surface area contributed by atoms with Gasteiger partial charge in [-0.15, -0.1) is 0 Å². The molecule has 0 unspecified atom stereocenters. The molecular weight excluding hydrogens is 320 g/mol. The van der Waals surface area contributed by atoms with Crippen molar-refractivity contribution in [2.24, 2.45) is 5.84 Å². The topological polar surface area (TPSA) is 60.2 Å². The van der Waals surface area contributed by atoms with E-state index in [1.54, 1.807) is 12.1 Å². The van der Waals surface area contributed by atoms with Crippen molar-refractivity contribution in [2.45, 2.75) is 6.61 Å². The molecule has 0 bridgehead atoms. The van der Waals surface area contributed by atoms with Crippen molar-refractivity contribution in [1.82, 2.24) is 4.98 Å². The molecule has 0 fully saturated rings. The molecule has 100 valence electrons. The van der Waals surface area contributed by atoms with Gasteiger partial charge in [0.25, 0.3) is 0 Å². The Morgan fingerprint density at radius 2 is 2.11 bits per heavy atom. The summed E-state index contributed by atoms with van der Waals surface area (Å²) in [5.41, 5.74) is 3.09. The van der Waals surface area contributed by atoms with Crippen molar-refractivity contribution >= 4 is 21.7 Å². The normalized spacial score (nSPS) is 10.3. The fourth-order valence-corrected chi connectivity index (χ4v) is 1.80. The van der Waals surface area contributed by atoms with Gasteiger partial charge >= 0.3 is 0 Å². The number of hydrogen-bond donors (Lipinski definition) is 2. The molecule has 0 saturated heterocycles. The molecule has 0 saturated carbocycles. The van der Waals surface area contributed by atoms with E-state index >= 15 is 0 Å². The fourth-order valence-electron chi connectivity index (χ4n) is 1.39. The lowest BCUT2D eigenvalue weighted by Gasteiger charge is -2.08. The minimum absolute atomic E-state index is 0.0741. The summed E-state index contributed by atoms with van der Waals surface area (Å²) in [4.78, 5) is 3.97. The average molecular weight is 330 g/mol. The molecule has 7 heteroatoms. The van der Waals surface area contributed by atoms with Crippen LogP contribution in [0.4, 0.5) is 14.6 Å². The van der Waals surface area contributed by atoms with Crippen molar-refractivity contribution in [3.63, 3.8) is 0 Å². The van der Waals surface area contributed by atoms with Crippen molar-refractivity contribution in [2.75, 3.05) is 5.43 Å². The third-order valence-electron chi connectivity index (χ3n) is 2.33. The van der Waals surface area contributed by atoms with E-state index < -0.39 is 11.6 Å². The van der Waals surface area contributed by atoms with E-state index in [9.17, 15) is 8.78 Å². The molecule has 1 heterocycles. The second-order valence-electron chi connectivity index (χ2n) is 3.68. The molecule has 2 rings (SSSR count). The fraction of sp³-hybridized carbons (Fsp3) is 0.0833. The zero-order chi connectivity index (χ0) is 13.8. The number of nitrogens with one attached hydrogen (secondary N) is 1. The Labute approximate surface area is 116 Å². The van der Waals surface area contributed by atoms with Crippen LogP contribution in [-0.4, -0.2) is 4.98 Å². The monoisotopic (exact) mass is 329 g/mol. The van der Waals surface area contributed by atoms with E-state index in [0.29, 0.717) is 15.9 Å². The minimum atomic E-state index is -1.02. The Hall–Kier alpha value is -1.73. The summed E-state index contributed by atoms with van der Waals surface area (Å²) in [5, 5.41) is 0. The summed E-state index contributed by atoms with van der Waals surface area (Å²) in [5.74, 6) is 3.54. The van der Waals surface area contributed by atoms with Crippen LogP contribution < -0.4 is 16.0 Å². The van der Waals surface area contributed by atoms with Gasteiger partial charge in [-0.3, -0.25) is 0 Å². The Bertz CT molecular complexity index is 578. The van der Waals surface area contributed by atoms with Crippen LogP contribution in [-0.2, 0) is 6.61 Å². The van der Waals surface area contributed by atoms with Gasteiger partial charge in [0.1, 0.15) is 12.4 Å². The van der Waals surface area contributed by atoms with Crippen LogP contribution in [0.5, 0.6) is 5.75 Å². The second-order valence-corrected chi connectivity index (χ2v) is 4.60. The summed E-state index contributed by atoms with van der Waals surface area (Å²) in [6, 6.07) is 5.76. The first-order valence-corrected chi connectivity index (χ1v) is 6.08. The molecule has 0 spiro atoms. The quantitative estimate of drug-likeness (QED) is 0.514. The molecule has 0 aliphatic carbocycles. The van der Waals surface area contributed by atoms with Crippen molar-refractivity contribution in [3.05, 3.63) is 52.1 Å². The molecule has 0 atom stereocenters. The summed E-state index contributed by atoms with van der Waals surface area (Å²) in [7, 11) is 0. The molecule has 4 nitrogen and oxygen atoms in total. The zero-order valence-electron chi connectivity index (χ0n) is 9.66. The average Bonchev–Trinajstić information content (AvgIpc) is 2.41. The van der Waals surface area contributed by atoms with Gasteiger partial charge in [0.05, 0.1) is 0 Å². The molecule has 0 aliphatic rings. The van der Waals surface area contributed by atoms with Gasteiger partial charge in [0.2, 0.25) is 5.82 Å². The molecule has 3 N–H and O–H groups in total. The van der Waals surface area contributed by atoms with E-state index in [2.05, 4.69) is 26.3 Å². The van der Waals surface area contributed by atoms with Crippen LogP contribution in [0.1, 0.15) is 5.56 Å². The van der Waals surface area contributed by atoms with E-state index in [-0.39, 0.29) is 12.4 Å². The van der Waals surface area contributed by atoms with Crippen LogP contribution in [0, 0.1) is 11.6 Å². The molecular formula is C12H10BrF2N3O. The van der Waals surface area contributed by atoms with E-state index in [1.165, 1.54) is 12.3 Å². The summed E-state index contributed by atoms with van der Waals surface area (Å²) >= 11 is 3.07. The lowest BCUT2D eigenvalue weighted by molar-refractivity contribution is 0.284. The Morgan fingerprint density at radius 1 is 1.32 bits per heavy atom. The van der Waals surface area contributed by atoms with Crippen molar-refractivity contribution in [3.8, 4) is 5.75 Å². The predicted octanol–water partition coefficient (Wildman–Crippen LogP) is 2.99. The number of nitrogen functional groups attached to an aromatic ring is 1. The second kappa shape index (κ2) is 5.94. The molecule has 0 amide bonds. The lowest BCUT2D eigenvalue weighted by Crippen LogP contribution is -2.08. The van der Waals surface area contributed by atoms with Crippen LogP contribution in [0.3, 0.4) is 0 Å². The van der Waals surface area contributed by atoms with Gasteiger partial charge < -0.3 is 10.2 Å². The molecule has 19 heavy (non-hydrogen) atoms. The number of pyridine rings is 1. The summed E-state index contributed by atoms with van der Waals surface area (Å²) in [6.07, 6.45) is 1.53. The maximum atomic E-state index is 13.4. The number of hydrazine groups is 1. The van der Waals surface area contributed by atoms with Crippen LogP contribution in [0.25, 0.3) is 0 Å². The molecule has 0 radical (unpaired) electrons. The van der Waals surface area contributed by atoms with Gasteiger partial charge in [-0.05, 0) is 18.2 Å². The highest BCUT2D eigenvalue weighted by atomic mass is 79.9. The number of anilines is 1. The van der Waals surface area contributed by atoms with E-state index in [1.807, 2.05) is 0 Å². The van der Waals surface area contributed by atoms with Gasteiger partial charge in [-0.1, -0.05) is 22.0 Å². The Balaban J connectivity index is 2.09. The third kappa shape index (κ3) is 3.39. The Kier molecular flexibility index (Phi) is 4.28. The van der Waals surface area contributed by atoms with Crippen molar-refractivity contribution in [1.29, 1.82) is 0 Å².